The number of anilines is 1. The standard InChI is InChI=1S/C35H36Cl2F2N4O5/c1-34(2,3)16-27-35(18-40,22-12-11-20(36)15-24(22)38)29(21-8-7-9-23(37)30(21)39)31(42-27)32(45)41-25-13-10-19(14-26(25)47-6)33(46)48-17-28(44)43(4)5/h7-15,27,29,31,42H,16-17H2,1-6H3,(H,41,45)/t27-,29-,31+,35-/m0/s1. The maximum Gasteiger partial charge on any atom is 0.338 e. The van der Waals surface area contributed by atoms with Crippen molar-refractivity contribution in [3.63, 3.8) is 0 Å². The first-order valence-electron chi connectivity index (χ1n) is 15.0. The lowest BCUT2D eigenvalue weighted by Crippen LogP contribution is -2.45. The topological polar surface area (TPSA) is 121 Å². The number of nitrogens with zero attached hydrogens (tertiary/aromatic N) is 2. The van der Waals surface area contributed by atoms with Crippen molar-refractivity contribution in [2.45, 2.75) is 50.6 Å². The van der Waals surface area contributed by atoms with E-state index in [-0.39, 0.29) is 38.2 Å². The van der Waals surface area contributed by atoms with Gasteiger partial charge in [0.15, 0.2) is 6.61 Å². The number of halogens is 4. The van der Waals surface area contributed by atoms with Crippen LogP contribution in [0.3, 0.4) is 0 Å². The highest BCUT2D eigenvalue weighted by molar-refractivity contribution is 6.31. The maximum atomic E-state index is 15.9. The molecule has 1 aliphatic heterocycles. The van der Waals surface area contributed by atoms with Gasteiger partial charge in [-0.3, -0.25) is 9.59 Å². The number of ether oxygens (including phenoxy) is 2. The van der Waals surface area contributed by atoms with Crippen LogP contribution in [0.15, 0.2) is 54.6 Å². The van der Waals surface area contributed by atoms with E-state index in [1.54, 1.807) is 0 Å². The number of likely N-dealkylation sites (N-methyl/N-ethyl adjacent to an activating group) is 1. The Balaban J connectivity index is 1.81. The highest BCUT2D eigenvalue weighted by atomic mass is 35.5. The number of rotatable bonds is 9. The zero-order chi connectivity index (χ0) is 35.6. The number of hydrogen-bond acceptors (Lipinski definition) is 7. The van der Waals surface area contributed by atoms with Gasteiger partial charge >= 0.3 is 5.97 Å². The molecule has 9 nitrogen and oxygen atoms in total. The summed E-state index contributed by atoms with van der Waals surface area (Å²) in [6.07, 6.45) is 0.293. The fraction of sp³-hybridized carbons (Fsp3) is 0.371. The van der Waals surface area contributed by atoms with Crippen LogP contribution < -0.4 is 15.4 Å². The first-order valence-corrected chi connectivity index (χ1v) is 15.7. The quantitative estimate of drug-likeness (QED) is 0.245. The van der Waals surface area contributed by atoms with E-state index in [4.69, 9.17) is 32.7 Å². The van der Waals surface area contributed by atoms with E-state index >= 15 is 8.78 Å². The SMILES string of the molecule is COc1cc(C(=O)OCC(=O)N(C)C)ccc1NC(=O)[C@@H]1N[C@@H](CC(C)(C)C)[C@](C#N)(c2ccc(Cl)cc2F)[C@H]1c1cccc(Cl)c1F. The maximum absolute atomic E-state index is 15.9. The van der Waals surface area contributed by atoms with Crippen LogP contribution in [-0.4, -0.2) is 62.6 Å². The Morgan fingerprint density at radius 1 is 1.08 bits per heavy atom. The third kappa shape index (κ3) is 7.41. The third-order valence-corrected chi connectivity index (χ3v) is 8.78. The zero-order valence-corrected chi connectivity index (χ0v) is 28.8. The molecule has 1 fully saturated rings. The molecule has 0 saturated carbocycles. The van der Waals surface area contributed by atoms with E-state index in [1.165, 1.54) is 74.6 Å². The number of benzene rings is 3. The molecule has 4 rings (SSSR count). The van der Waals surface area contributed by atoms with Gasteiger partial charge in [0, 0.05) is 36.6 Å². The van der Waals surface area contributed by atoms with Gasteiger partial charge in [0.25, 0.3) is 5.91 Å². The third-order valence-electron chi connectivity index (χ3n) is 8.25. The summed E-state index contributed by atoms with van der Waals surface area (Å²) >= 11 is 12.3. The minimum absolute atomic E-state index is 0.0518. The molecular weight excluding hydrogens is 665 g/mol. The summed E-state index contributed by atoms with van der Waals surface area (Å²) in [4.78, 5) is 40.0. The normalized spacial score (nSPS) is 20.5. The summed E-state index contributed by atoms with van der Waals surface area (Å²) in [7, 11) is 4.38. The minimum Gasteiger partial charge on any atom is -0.495 e. The second kappa shape index (κ2) is 14.5. The lowest BCUT2D eigenvalue weighted by molar-refractivity contribution is -0.132. The number of carbonyl (C=O) groups is 3. The van der Waals surface area contributed by atoms with Crippen molar-refractivity contribution in [1.82, 2.24) is 10.2 Å². The number of hydrogen-bond donors (Lipinski definition) is 2. The molecule has 13 heteroatoms. The van der Waals surface area contributed by atoms with Crippen molar-refractivity contribution < 1.29 is 32.6 Å². The molecule has 48 heavy (non-hydrogen) atoms. The van der Waals surface area contributed by atoms with Crippen LogP contribution in [0, 0.1) is 28.4 Å². The number of nitrogens with one attached hydrogen (secondary N) is 2. The first-order chi connectivity index (χ1) is 22.5. The monoisotopic (exact) mass is 700 g/mol. The molecule has 1 heterocycles. The van der Waals surface area contributed by atoms with E-state index in [9.17, 15) is 19.6 Å². The summed E-state index contributed by atoms with van der Waals surface area (Å²) in [5.41, 5.74) is -2.13. The molecule has 0 spiro atoms. The molecule has 254 valence electrons. The number of esters is 1. The summed E-state index contributed by atoms with van der Waals surface area (Å²) < 4.78 is 42.3. The highest BCUT2D eigenvalue weighted by Gasteiger charge is 2.61. The summed E-state index contributed by atoms with van der Waals surface area (Å²) in [5, 5.41) is 16.9. The van der Waals surface area contributed by atoms with Crippen LogP contribution in [0.4, 0.5) is 14.5 Å². The van der Waals surface area contributed by atoms with Gasteiger partial charge < -0.3 is 25.0 Å². The summed E-state index contributed by atoms with van der Waals surface area (Å²) in [6, 6.07) is 12.5. The number of methoxy groups -OCH3 is 1. The van der Waals surface area contributed by atoms with Crippen molar-refractivity contribution in [1.29, 1.82) is 5.26 Å². The second-order valence-corrected chi connectivity index (χ2v) is 13.8. The lowest BCUT2D eigenvalue weighted by atomic mass is 9.62. The van der Waals surface area contributed by atoms with Crippen molar-refractivity contribution in [2.75, 3.05) is 33.1 Å². The number of amides is 2. The van der Waals surface area contributed by atoms with Crippen LogP contribution in [0.5, 0.6) is 5.75 Å². The molecule has 0 bridgehead atoms. The minimum atomic E-state index is -1.81. The van der Waals surface area contributed by atoms with E-state index < -0.39 is 64.9 Å². The molecule has 3 aromatic rings. The smallest absolute Gasteiger partial charge is 0.338 e. The van der Waals surface area contributed by atoms with Gasteiger partial charge in [-0.15, -0.1) is 0 Å². The molecule has 2 N–H and O–H groups in total. The van der Waals surface area contributed by atoms with Gasteiger partial charge in [0.05, 0.1) is 35.5 Å². The fourth-order valence-corrected chi connectivity index (χ4v) is 6.37. The molecule has 3 aromatic carbocycles. The largest absolute Gasteiger partial charge is 0.495 e. The molecule has 2 amide bonds. The molecule has 0 aromatic heterocycles. The van der Waals surface area contributed by atoms with Gasteiger partial charge in [-0.05, 0) is 53.8 Å². The Morgan fingerprint density at radius 2 is 1.79 bits per heavy atom. The van der Waals surface area contributed by atoms with Crippen LogP contribution in [-0.2, 0) is 19.7 Å². The van der Waals surface area contributed by atoms with Crippen molar-refractivity contribution in [3.05, 3.63) is 93.0 Å². The highest BCUT2D eigenvalue weighted by Crippen LogP contribution is 2.53. The van der Waals surface area contributed by atoms with Crippen molar-refractivity contribution in [3.8, 4) is 11.8 Å². The predicted molar refractivity (Wildman–Crippen MR) is 178 cm³/mol. The summed E-state index contributed by atoms with van der Waals surface area (Å²) in [6.45, 7) is 5.34. The lowest BCUT2D eigenvalue weighted by Gasteiger charge is -2.37. The molecule has 1 saturated heterocycles. The van der Waals surface area contributed by atoms with Crippen LogP contribution >= 0.6 is 23.2 Å². The van der Waals surface area contributed by atoms with Crippen LogP contribution in [0.1, 0.15) is 54.6 Å². The van der Waals surface area contributed by atoms with Crippen LogP contribution in [0.2, 0.25) is 10.0 Å². The van der Waals surface area contributed by atoms with E-state index in [0.717, 1.165) is 6.07 Å². The Morgan fingerprint density at radius 3 is 2.40 bits per heavy atom. The average molecular weight is 702 g/mol. The van der Waals surface area contributed by atoms with Crippen LogP contribution in [0.25, 0.3) is 0 Å². The fourth-order valence-electron chi connectivity index (χ4n) is 6.03. The van der Waals surface area contributed by atoms with Gasteiger partial charge in [0.2, 0.25) is 5.91 Å². The van der Waals surface area contributed by atoms with Crippen molar-refractivity contribution >= 4 is 46.7 Å². The van der Waals surface area contributed by atoms with Gasteiger partial charge in [0.1, 0.15) is 22.8 Å². The first kappa shape index (κ1) is 36.6. The Bertz CT molecular complexity index is 1770. The molecule has 0 aliphatic carbocycles. The number of nitriles is 1. The molecular formula is C35H36Cl2F2N4O5. The second-order valence-electron chi connectivity index (χ2n) is 13.0. The predicted octanol–water partition coefficient (Wildman–Crippen LogP) is 6.49. The number of carbonyl (C=O) groups excluding carboxylic acids is 3. The molecule has 1 aliphatic rings. The zero-order valence-electron chi connectivity index (χ0n) is 27.3. The Kier molecular flexibility index (Phi) is 11.0. The Hall–Kier alpha value is -4.24. The summed E-state index contributed by atoms with van der Waals surface area (Å²) in [5.74, 6) is -4.71. The molecule has 0 radical (unpaired) electrons. The van der Waals surface area contributed by atoms with E-state index in [2.05, 4.69) is 16.7 Å². The molecule has 4 atom stereocenters. The van der Waals surface area contributed by atoms with E-state index in [0.29, 0.717) is 6.42 Å². The Labute approximate surface area is 288 Å². The van der Waals surface area contributed by atoms with Gasteiger partial charge in [-0.1, -0.05) is 62.2 Å². The van der Waals surface area contributed by atoms with Gasteiger partial charge in [-0.25, -0.2) is 13.6 Å². The molecule has 0 unspecified atom stereocenters. The van der Waals surface area contributed by atoms with Crippen molar-refractivity contribution in [2.24, 2.45) is 5.41 Å². The van der Waals surface area contributed by atoms with E-state index in [1.807, 2.05) is 20.8 Å². The average Bonchev–Trinajstić information content (AvgIpc) is 3.33. The van der Waals surface area contributed by atoms with Gasteiger partial charge in [-0.2, -0.15) is 5.26 Å².